The van der Waals surface area contributed by atoms with Gasteiger partial charge in [0.1, 0.15) is 5.82 Å². The van der Waals surface area contributed by atoms with Crippen molar-refractivity contribution >= 4 is 22.9 Å². The van der Waals surface area contributed by atoms with Gasteiger partial charge in [-0.2, -0.15) is 0 Å². The van der Waals surface area contributed by atoms with E-state index in [4.69, 9.17) is 0 Å². The van der Waals surface area contributed by atoms with E-state index in [1.165, 1.54) is 12.1 Å². The molecule has 0 saturated carbocycles. The van der Waals surface area contributed by atoms with Crippen LogP contribution in [-0.2, 0) is 11.2 Å². The van der Waals surface area contributed by atoms with Gasteiger partial charge in [-0.15, -0.1) is 11.3 Å². The van der Waals surface area contributed by atoms with Crippen molar-refractivity contribution in [2.45, 2.75) is 6.42 Å². The standard InChI is InChI=1S/C19H16FNOS/c1-21(19(22)11-14-7-9-16(20)10-8-14)17-12-18(23-13-17)15-5-3-2-4-6-15/h2-10,12-13H,11H2,1H3. The van der Waals surface area contributed by atoms with Crippen molar-refractivity contribution in [3.63, 3.8) is 0 Å². The van der Waals surface area contributed by atoms with E-state index in [1.54, 1.807) is 35.4 Å². The highest BCUT2D eigenvalue weighted by atomic mass is 32.1. The van der Waals surface area contributed by atoms with E-state index >= 15 is 0 Å². The van der Waals surface area contributed by atoms with E-state index in [-0.39, 0.29) is 18.1 Å². The lowest BCUT2D eigenvalue weighted by Crippen LogP contribution is -2.27. The minimum atomic E-state index is -0.292. The summed E-state index contributed by atoms with van der Waals surface area (Å²) in [5, 5.41) is 1.98. The SMILES string of the molecule is CN(C(=O)Cc1ccc(F)cc1)c1csc(-c2ccccc2)c1. The lowest BCUT2D eigenvalue weighted by atomic mass is 10.1. The van der Waals surface area contributed by atoms with E-state index in [2.05, 4.69) is 12.1 Å². The summed E-state index contributed by atoms with van der Waals surface area (Å²) in [6.45, 7) is 0. The van der Waals surface area contributed by atoms with E-state index in [9.17, 15) is 9.18 Å². The molecule has 0 aliphatic heterocycles. The third kappa shape index (κ3) is 3.66. The second-order valence-corrected chi connectivity index (χ2v) is 6.20. The maximum absolute atomic E-state index is 12.9. The van der Waals surface area contributed by atoms with Crippen LogP contribution < -0.4 is 4.90 Å². The third-order valence-corrected chi connectivity index (χ3v) is 4.64. The van der Waals surface area contributed by atoms with Gasteiger partial charge in [-0.25, -0.2) is 4.39 Å². The third-order valence-electron chi connectivity index (χ3n) is 3.67. The molecule has 1 aromatic heterocycles. The topological polar surface area (TPSA) is 20.3 Å². The van der Waals surface area contributed by atoms with Crippen molar-refractivity contribution in [2.24, 2.45) is 0 Å². The minimum absolute atomic E-state index is 0.0194. The summed E-state index contributed by atoms with van der Waals surface area (Å²) in [4.78, 5) is 15.2. The zero-order valence-electron chi connectivity index (χ0n) is 12.7. The first-order chi connectivity index (χ1) is 11.1. The van der Waals surface area contributed by atoms with E-state index in [1.807, 2.05) is 29.6 Å². The molecule has 2 aromatic carbocycles. The van der Waals surface area contributed by atoms with Crippen molar-refractivity contribution in [3.8, 4) is 10.4 Å². The molecule has 1 amide bonds. The highest BCUT2D eigenvalue weighted by Gasteiger charge is 2.14. The van der Waals surface area contributed by atoms with Gasteiger partial charge in [0.2, 0.25) is 5.91 Å². The Balaban J connectivity index is 1.72. The molecule has 3 aromatic rings. The molecule has 0 bridgehead atoms. The first kappa shape index (κ1) is 15.4. The number of anilines is 1. The summed E-state index contributed by atoms with van der Waals surface area (Å²) in [6, 6.07) is 18.1. The van der Waals surface area contributed by atoms with Gasteiger partial charge in [-0.1, -0.05) is 42.5 Å². The number of nitrogens with zero attached hydrogens (tertiary/aromatic N) is 1. The Morgan fingerprint density at radius 3 is 2.48 bits per heavy atom. The normalized spacial score (nSPS) is 10.5. The monoisotopic (exact) mass is 325 g/mol. The summed E-state index contributed by atoms with van der Waals surface area (Å²) < 4.78 is 12.9. The van der Waals surface area contributed by atoms with Crippen LogP contribution >= 0.6 is 11.3 Å². The molecule has 1 heterocycles. The summed E-state index contributed by atoms with van der Waals surface area (Å²) in [6.07, 6.45) is 0.257. The van der Waals surface area contributed by atoms with Crippen LogP contribution in [0.1, 0.15) is 5.56 Å². The highest BCUT2D eigenvalue weighted by Crippen LogP contribution is 2.31. The molecule has 4 heteroatoms. The van der Waals surface area contributed by atoms with E-state index < -0.39 is 0 Å². The molecule has 0 radical (unpaired) electrons. The van der Waals surface area contributed by atoms with Gasteiger partial charge in [0.25, 0.3) is 0 Å². The predicted molar refractivity (Wildman–Crippen MR) is 93.3 cm³/mol. The number of carbonyl (C=O) groups excluding carboxylic acids is 1. The van der Waals surface area contributed by atoms with Gasteiger partial charge in [-0.05, 0) is 29.3 Å². The number of amides is 1. The van der Waals surface area contributed by atoms with Crippen LogP contribution in [0, 0.1) is 5.82 Å². The number of thiophene rings is 1. The van der Waals surface area contributed by atoms with Gasteiger partial charge in [-0.3, -0.25) is 4.79 Å². The number of halogens is 1. The number of carbonyl (C=O) groups is 1. The molecule has 116 valence electrons. The Morgan fingerprint density at radius 1 is 1.09 bits per heavy atom. The molecule has 0 aliphatic carbocycles. The lowest BCUT2D eigenvalue weighted by Gasteiger charge is -2.15. The quantitative estimate of drug-likeness (QED) is 0.677. The van der Waals surface area contributed by atoms with Gasteiger partial charge in [0.05, 0.1) is 12.1 Å². The fourth-order valence-corrected chi connectivity index (χ4v) is 3.23. The largest absolute Gasteiger partial charge is 0.314 e. The number of benzene rings is 2. The van der Waals surface area contributed by atoms with Crippen molar-refractivity contribution < 1.29 is 9.18 Å². The first-order valence-corrected chi connectivity index (χ1v) is 8.16. The number of likely N-dealkylation sites (N-methyl/N-ethyl adjacent to an activating group) is 1. The summed E-state index contributed by atoms with van der Waals surface area (Å²) >= 11 is 1.61. The molecule has 0 aliphatic rings. The molecule has 0 fully saturated rings. The maximum Gasteiger partial charge on any atom is 0.231 e. The fourth-order valence-electron chi connectivity index (χ4n) is 2.30. The number of hydrogen-bond donors (Lipinski definition) is 0. The smallest absolute Gasteiger partial charge is 0.231 e. The van der Waals surface area contributed by atoms with Crippen molar-refractivity contribution in [2.75, 3.05) is 11.9 Å². The second kappa shape index (κ2) is 6.75. The average Bonchev–Trinajstić information content (AvgIpc) is 3.07. The van der Waals surface area contributed by atoms with Crippen LogP contribution in [0.15, 0.2) is 66.0 Å². The molecule has 0 spiro atoms. The Kier molecular flexibility index (Phi) is 4.53. The minimum Gasteiger partial charge on any atom is -0.314 e. The highest BCUT2D eigenvalue weighted by molar-refractivity contribution is 7.14. The van der Waals surface area contributed by atoms with Crippen LogP contribution in [0.4, 0.5) is 10.1 Å². The van der Waals surface area contributed by atoms with Gasteiger partial charge < -0.3 is 4.90 Å². The molecule has 23 heavy (non-hydrogen) atoms. The van der Waals surface area contributed by atoms with Gasteiger partial charge in [0.15, 0.2) is 0 Å². The second-order valence-electron chi connectivity index (χ2n) is 5.29. The van der Waals surface area contributed by atoms with Crippen LogP contribution in [-0.4, -0.2) is 13.0 Å². The Morgan fingerprint density at radius 2 is 1.78 bits per heavy atom. The van der Waals surface area contributed by atoms with E-state index in [0.29, 0.717) is 0 Å². The van der Waals surface area contributed by atoms with Crippen molar-refractivity contribution in [1.82, 2.24) is 0 Å². The van der Waals surface area contributed by atoms with Crippen molar-refractivity contribution in [1.29, 1.82) is 0 Å². The average molecular weight is 325 g/mol. The molecule has 3 rings (SSSR count). The molecular formula is C19H16FNOS. The molecule has 0 unspecified atom stereocenters. The van der Waals surface area contributed by atoms with Crippen molar-refractivity contribution in [3.05, 3.63) is 77.4 Å². The van der Waals surface area contributed by atoms with Crippen LogP contribution in [0.2, 0.25) is 0 Å². The summed E-state index contributed by atoms with van der Waals surface area (Å²) in [5.41, 5.74) is 2.82. The summed E-state index contributed by atoms with van der Waals surface area (Å²) in [7, 11) is 1.77. The van der Waals surface area contributed by atoms with Gasteiger partial charge in [0, 0.05) is 17.3 Å². The van der Waals surface area contributed by atoms with Crippen LogP contribution in [0.25, 0.3) is 10.4 Å². The lowest BCUT2D eigenvalue weighted by molar-refractivity contribution is -0.117. The predicted octanol–water partition coefficient (Wildman–Crippen LogP) is 4.76. The Hall–Kier alpha value is -2.46. The molecule has 0 atom stereocenters. The molecule has 0 N–H and O–H groups in total. The van der Waals surface area contributed by atoms with Crippen LogP contribution in [0.3, 0.4) is 0 Å². The Bertz CT molecular complexity index is 796. The number of rotatable bonds is 4. The zero-order valence-corrected chi connectivity index (χ0v) is 13.5. The maximum atomic E-state index is 12.9. The molecular weight excluding hydrogens is 309 g/mol. The van der Waals surface area contributed by atoms with E-state index in [0.717, 1.165) is 21.7 Å². The molecule has 2 nitrogen and oxygen atoms in total. The molecule has 0 saturated heterocycles. The Labute approximate surface area is 138 Å². The van der Waals surface area contributed by atoms with Crippen LogP contribution in [0.5, 0.6) is 0 Å². The first-order valence-electron chi connectivity index (χ1n) is 7.28. The number of hydrogen-bond acceptors (Lipinski definition) is 2. The fraction of sp³-hybridized carbons (Fsp3) is 0.105. The zero-order chi connectivity index (χ0) is 16.2. The van der Waals surface area contributed by atoms with Gasteiger partial charge >= 0.3 is 0 Å². The summed E-state index contributed by atoms with van der Waals surface area (Å²) in [5.74, 6) is -0.311.